The molecule has 0 fully saturated rings. The lowest BCUT2D eigenvalue weighted by molar-refractivity contribution is 0.0602. The summed E-state index contributed by atoms with van der Waals surface area (Å²) < 4.78 is 5.29. The second kappa shape index (κ2) is 7.87. The number of hydrogen-bond donors (Lipinski definition) is 2. The van der Waals surface area contributed by atoms with Gasteiger partial charge in [-0.3, -0.25) is 4.90 Å². The topological polar surface area (TPSA) is 52.9 Å². The molecule has 0 aliphatic carbocycles. The molecule has 0 heterocycles. The lowest BCUT2D eigenvalue weighted by Gasteiger charge is -2.23. The van der Waals surface area contributed by atoms with Crippen LogP contribution in [0.25, 0.3) is 0 Å². The Morgan fingerprint density at radius 2 is 2.17 bits per heavy atom. The molecule has 1 aromatic rings. The smallest absolute Gasteiger partial charge is 0.123 e. The first-order chi connectivity index (χ1) is 8.71. The van der Waals surface area contributed by atoms with Gasteiger partial charge in [-0.05, 0) is 6.07 Å². The van der Waals surface area contributed by atoms with Crippen molar-refractivity contribution in [1.29, 1.82) is 0 Å². The van der Waals surface area contributed by atoms with Crippen molar-refractivity contribution < 1.29 is 14.9 Å². The summed E-state index contributed by atoms with van der Waals surface area (Å²) in [6, 6.07) is 7.76. The molecule has 1 rings (SSSR count). The number of aliphatic hydroxyl groups is 2. The zero-order valence-corrected chi connectivity index (χ0v) is 10.7. The first-order valence-electron chi connectivity index (χ1n) is 5.95. The van der Waals surface area contributed by atoms with E-state index in [2.05, 4.69) is 6.58 Å². The first kappa shape index (κ1) is 14.7. The number of nitrogens with zero attached hydrogens (tertiary/aromatic N) is 1. The van der Waals surface area contributed by atoms with Gasteiger partial charge in [-0.2, -0.15) is 0 Å². The predicted molar refractivity (Wildman–Crippen MR) is 71.6 cm³/mol. The van der Waals surface area contributed by atoms with Gasteiger partial charge in [-0.15, -0.1) is 6.58 Å². The normalized spacial score (nSPS) is 12.4. The average molecular weight is 251 g/mol. The molecule has 4 nitrogen and oxygen atoms in total. The monoisotopic (exact) mass is 251 g/mol. The lowest BCUT2D eigenvalue weighted by atomic mass is 10.1. The highest BCUT2D eigenvalue weighted by molar-refractivity contribution is 5.33. The predicted octanol–water partition coefficient (Wildman–Crippen LogP) is 1.04. The maximum Gasteiger partial charge on any atom is 0.123 e. The molecular weight excluding hydrogens is 230 g/mol. The highest BCUT2D eigenvalue weighted by atomic mass is 16.5. The van der Waals surface area contributed by atoms with Gasteiger partial charge in [-0.25, -0.2) is 0 Å². The molecule has 0 spiro atoms. The molecule has 4 heteroatoms. The van der Waals surface area contributed by atoms with Crippen molar-refractivity contribution in [3.8, 4) is 5.75 Å². The highest BCUT2D eigenvalue weighted by Gasteiger charge is 2.12. The molecule has 2 N–H and O–H groups in total. The van der Waals surface area contributed by atoms with Crippen molar-refractivity contribution in [2.45, 2.75) is 12.6 Å². The van der Waals surface area contributed by atoms with Gasteiger partial charge in [0.2, 0.25) is 0 Å². The Morgan fingerprint density at radius 3 is 2.78 bits per heavy atom. The number of rotatable bonds is 8. The Bertz CT molecular complexity index is 368. The van der Waals surface area contributed by atoms with Crippen LogP contribution in [0.15, 0.2) is 36.9 Å². The van der Waals surface area contributed by atoms with Crippen LogP contribution in [0.4, 0.5) is 0 Å². The first-order valence-corrected chi connectivity index (χ1v) is 5.95. The zero-order valence-electron chi connectivity index (χ0n) is 10.7. The van der Waals surface area contributed by atoms with Gasteiger partial charge in [-0.1, -0.05) is 24.3 Å². The summed E-state index contributed by atoms with van der Waals surface area (Å²) in [7, 11) is 1.64. The van der Waals surface area contributed by atoms with Crippen molar-refractivity contribution in [2.75, 3.05) is 26.8 Å². The zero-order chi connectivity index (χ0) is 13.4. The summed E-state index contributed by atoms with van der Waals surface area (Å²) in [6.07, 6.45) is 1.04. The summed E-state index contributed by atoms with van der Waals surface area (Å²) in [5.74, 6) is 0.824. The summed E-state index contributed by atoms with van der Waals surface area (Å²) in [5, 5.41) is 18.4. The van der Waals surface area contributed by atoms with E-state index in [1.165, 1.54) is 0 Å². The fourth-order valence-corrected chi connectivity index (χ4v) is 1.82. The number of benzene rings is 1. The van der Waals surface area contributed by atoms with Gasteiger partial charge in [0.15, 0.2) is 0 Å². The molecule has 0 amide bonds. The molecule has 0 aliphatic heterocycles. The summed E-state index contributed by atoms with van der Waals surface area (Å²) in [6.45, 7) is 5.16. The van der Waals surface area contributed by atoms with E-state index in [-0.39, 0.29) is 6.61 Å². The van der Waals surface area contributed by atoms with E-state index < -0.39 is 6.10 Å². The molecule has 18 heavy (non-hydrogen) atoms. The van der Waals surface area contributed by atoms with Crippen LogP contribution in [0.2, 0.25) is 0 Å². The van der Waals surface area contributed by atoms with Crippen molar-refractivity contribution in [3.63, 3.8) is 0 Å². The minimum Gasteiger partial charge on any atom is -0.496 e. The molecule has 0 bridgehead atoms. The third-order valence-electron chi connectivity index (χ3n) is 2.65. The third kappa shape index (κ3) is 4.49. The van der Waals surface area contributed by atoms with Gasteiger partial charge < -0.3 is 14.9 Å². The van der Waals surface area contributed by atoms with E-state index in [4.69, 9.17) is 9.84 Å². The highest BCUT2D eigenvalue weighted by Crippen LogP contribution is 2.19. The summed E-state index contributed by atoms with van der Waals surface area (Å²) in [4.78, 5) is 2.01. The summed E-state index contributed by atoms with van der Waals surface area (Å²) in [5.41, 5.74) is 1.05. The standard InChI is InChI=1S/C14H21NO3/c1-3-8-15(10-13(17)11-16)9-12-6-4-5-7-14(12)18-2/h3-7,13,16-17H,1,8-11H2,2H3. The molecule has 100 valence electrons. The Morgan fingerprint density at radius 1 is 1.44 bits per heavy atom. The molecule has 1 atom stereocenters. The van der Waals surface area contributed by atoms with Crippen LogP contribution >= 0.6 is 0 Å². The van der Waals surface area contributed by atoms with E-state index in [1.807, 2.05) is 29.2 Å². The average Bonchev–Trinajstić information content (AvgIpc) is 2.39. The SMILES string of the molecule is C=CCN(Cc1ccccc1OC)CC(O)CO. The van der Waals surface area contributed by atoms with Gasteiger partial charge >= 0.3 is 0 Å². The van der Waals surface area contributed by atoms with E-state index in [0.29, 0.717) is 19.6 Å². The van der Waals surface area contributed by atoms with Gasteiger partial charge in [0, 0.05) is 25.2 Å². The number of hydrogen-bond acceptors (Lipinski definition) is 4. The van der Waals surface area contributed by atoms with Crippen molar-refractivity contribution >= 4 is 0 Å². The Balaban J connectivity index is 2.72. The molecule has 0 aliphatic rings. The van der Waals surface area contributed by atoms with E-state index in [0.717, 1.165) is 11.3 Å². The van der Waals surface area contributed by atoms with Crippen LogP contribution in [-0.2, 0) is 6.54 Å². The minimum atomic E-state index is -0.736. The largest absolute Gasteiger partial charge is 0.496 e. The molecule has 0 aromatic heterocycles. The Kier molecular flexibility index (Phi) is 6.43. The van der Waals surface area contributed by atoms with Crippen LogP contribution in [0.3, 0.4) is 0 Å². The number of aliphatic hydroxyl groups excluding tert-OH is 2. The van der Waals surface area contributed by atoms with Crippen molar-refractivity contribution in [3.05, 3.63) is 42.5 Å². The number of ether oxygens (including phenoxy) is 1. The van der Waals surface area contributed by atoms with Crippen LogP contribution in [0.5, 0.6) is 5.75 Å². The fourth-order valence-electron chi connectivity index (χ4n) is 1.82. The van der Waals surface area contributed by atoms with Crippen LogP contribution < -0.4 is 4.74 Å². The van der Waals surface area contributed by atoms with Crippen LogP contribution in [0.1, 0.15) is 5.56 Å². The van der Waals surface area contributed by atoms with Gasteiger partial charge in [0.1, 0.15) is 5.75 Å². The molecule has 1 aromatic carbocycles. The van der Waals surface area contributed by atoms with Crippen LogP contribution in [-0.4, -0.2) is 48.0 Å². The Hall–Kier alpha value is -1.36. The lowest BCUT2D eigenvalue weighted by Crippen LogP contribution is -2.34. The summed E-state index contributed by atoms with van der Waals surface area (Å²) >= 11 is 0. The minimum absolute atomic E-state index is 0.237. The maximum absolute atomic E-state index is 9.50. The van der Waals surface area contributed by atoms with Crippen LogP contribution in [0, 0.1) is 0 Å². The maximum atomic E-state index is 9.50. The molecular formula is C14H21NO3. The Labute approximate surface area is 108 Å². The molecule has 0 radical (unpaired) electrons. The molecule has 1 unspecified atom stereocenters. The molecule has 0 saturated carbocycles. The second-order valence-electron chi connectivity index (χ2n) is 4.13. The second-order valence-corrected chi connectivity index (χ2v) is 4.13. The number of methoxy groups -OCH3 is 1. The van der Waals surface area contributed by atoms with E-state index >= 15 is 0 Å². The van der Waals surface area contributed by atoms with E-state index in [9.17, 15) is 5.11 Å². The third-order valence-corrected chi connectivity index (χ3v) is 2.65. The van der Waals surface area contributed by atoms with Gasteiger partial charge in [0.25, 0.3) is 0 Å². The van der Waals surface area contributed by atoms with E-state index in [1.54, 1.807) is 13.2 Å². The van der Waals surface area contributed by atoms with Crippen molar-refractivity contribution in [1.82, 2.24) is 4.90 Å². The fraction of sp³-hybridized carbons (Fsp3) is 0.429. The number of para-hydroxylation sites is 1. The van der Waals surface area contributed by atoms with Gasteiger partial charge in [0.05, 0.1) is 19.8 Å². The van der Waals surface area contributed by atoms with Crippen molar-refractivity contribution in [2.24, 2.45) is 0 Å². The quantitative estimate of drug-likeness (QED) is 0.678. The molecule has 0 saturated heterocycles.